The molecule has 20 heavy (non-hydrogen) atoms. The van der Waals surface area contributed by atoms with Crippen LogP contribution in [0.2, 0.25) is 0 Å². The molecule has 0 saturated carbocycles. The molecule has 0 radical (unpaired) electrons. The van der Waals surface area contributed by atoms with Crippen molar-refractivity contribution in [2.45, 2.75) is 39.3 Å². The van der Waals surface area contributed by atoms with E-state index in [-0.39, 0.29) is 17.4 Å². The minimum Gasteiger partial charge on any atom is -0.377 e. The second-order valence-electron chi connectivity index (χ2n) is 5.97. The van der Waals surface area contributed by atoms with Crippen molar-refractivity contribution in [3.8, 4) is 0 Å². The van der Waals surface area contributed by atoms with Crippen LogP contribution in [0, 0.1) is 5.82 Å². The molecule has 0 aliphatic carbocycles. The van der Waals surface area contributed by atoms with Crippen molar-refractivity contribution in [3.05, 3.63) is 29.6 Å². The van der Waals surface area contributed by atoms with Crippen molar-refractivity contribution >= 4 is 5.69 Å². The predicted octanol–water partition coefficient (Wildman–Crippen LogP) is 3.11. The van der Waals surface area contributed by atoms with Crippen molar-refractivity contribution in [2.75, 3.05) is 31.2 Å². The first-order valence-corrected chi connectivity index (χ1v) is 7.34. The van der Waals surface area contributed by atoms with Gasteiger partial charge in [-0.05, 0) is 39.4 Å². The third-order valence-electron chi connectivity index (χ3n) is 3.91. The first-order chi connectivity index (χ1) is 9.47. The first-order valence-electron chi connectivity index (χ1n) is 7.34. The second-order valence-corrected chi connectivity index (χ2v) is 5.97. The predicted molar refractivity (Wildman–Crippen MR) is 80.7 cm³/mol. The van der Waals surface area contributed by atoms with E-state index < -0.39 is 0 Å². The number of benzene rings is 1. The molecule has 0 bridgehead atoms. The SMILES string of the molecule is CCNC(C)c1c(F)cccc1N1CCOCC1(C)C. The Balaban J connectivity index is 2.42. The fraction of sp³-hybridized carbons (Fsp3) is 0.625. The topological polar surface area (TPSA) is 24.5 Å². The van der Waals surface area contributed by atoms with E-state index in [9.17, 15) is 4.39 Å². The van der Waals surface area contributed by atoms with Gasteiger partial charge in [-0.2, -0.15) is 0 Å². The average molecular weight is 280 g/mol. The van der Waals surface area contributed by atoms with Gasteiger partial charge in [0, 0.05) is 23.8 Å². The molecular weight excluding hydrogens is 255 g/mol. The zero-order valence-electron chi connectivity index (χ0n) is 12.9. The van der Waals surface area contributed by atoms with Crippen LogP contribution in [0.5, 0.6) is 0 Å². The average Bonchev–Trinajstić information content (AvgIpc) is 2.38. The molecular formula is C16H25FN2O. The summed E-state index contributed by atoms with van der Waals surface area (Å²) in [6.45, 7) is 11.3. The zero-order chi connectivity index (χ0) is 14.8. The molecule has 1 fully saturated rings. The van der Waals surface area contributed by atoms with Gasteiger partial charge < -0.3 is 15.0 Å². The van der Waals surface area contributed by atoms with Crippen molar-refractivity contribution in [1.82, 2.24) is 5.32 Å². The lowest BCUT2D eigenvalue weighted by molar-refractivity contribution is 0.0642. The number of rotatable bonds is 4. The minimum atomic E-state index is -0.141. The molecule has 2 rings (SSSR count). The van der Waals surface area contributed by atoms with E-state index in [1.807, 2.05) is 19.9 Å². The largest absolute Gasteiger partial charge is 0.377 e. The lowest BCUT2D eigenvalue weighted by atomic mass is 9.97. The van der Waals surface area contributed by atoms with Crippen LogP contribution >= 0.6 is 0 Å². The maximum atomic E-state index is 14.3. The normalized spacial score (nSPS) is 19.9. The highest BCUT2D eigenvalue weighted by molar-refractivity contribution is 5.57. The number of nitrogens with one attached hydrogen (secondary N) is 1. The third-order valence-corrected chi connectivity index (χ3v) is 3.91. The number of hydrogen-bond acceptors (Lipinski definition) is 3. The number of nitrogens with zero attached hydrogens (tertiary/aromatic N) is 1. The summed E-state index contributed by atoms with van der Waals surface area (Å²) in [5.74, 6) is -0.141. The van der Waals surface area contributed by atoms with Gasteiger partial charge in [0.1, 0.15) is 5.82 Å². The van der Waals surface area contributed by atoms with Crippen molar-refractivity contribution in [1.29, 1.82) is 0 Å². The van der Waals surface area contributed by atoms with E-state index in [4.69, 9.17) is 4.74 Å². The van der Waals surface area contributed by atoms with Gasteiger partial charge >= 0.3 is 0 Å². The second kappa shape index (κ2) is 6.10. The van der Waals surface area contributed by atoms with Crippen LogP contribution in [0.15, 0.2) is 18.2 Å². The van der Waals surface area contributed by atoms with Crippen LogP contribution in [0.4, 0.5) is 10.1 Å². The quantitative estimate of drug-likeness (QED) is 0.917. The summed E-state index contributed by atoms with van der Waals surface area (Å²) in [6.07, 6.45) is 0. The van der Waals surface area contributed by atoms with Gasteiger partial charge in [-0.1, -0.05) is 13.0 Å². The molecule has 1 aromatic rings. The molecule has 1 saturated heterocycles. The third kappa shape index (κ3) is 2.96. The van der Waals surface area contributed by atoms with Crippen molar-refractivity contribution in [3.63, 3.8) is 0 Å². The number of halogens is 1. The summed E-state index contributed by atoms with van der Waals surface area (Å²) in [5.41, 5.74) is 1.61. The Kier molecular flexibility index (Phi) is 4.66. The highest BCUT2D eigenvalue weighted by atomic mass is 19.1. The summed E-state index contributed by atoms with van der Waals surface area (Å²) < 4.78 is 19.9. The van der Waals surface area contributed by atoms with E-state index in [1.54, 1.807) is 12.1 Å². The van der Waals surface area contributed by atoms with Gasteiger partial charge in [0.15, 0.2) is 0 Å². The minimum absolute atomic E-state index is 0.00477. The molecule has 0 spiro atoms. The fourth-order valence-electron chi connectivity index (χ4n) is 2.90. The van der Waals surface area contributed by atoms with Crippen LogP contribution in [0.1, 0.15) is 39.3 Å². The Hall–Kier alpha value is -1.13. The van der Waals surface area contributed by atoms with Gasteiger partial charge in [-0.25, -0.2) is 4.39 Å². The van der Waals surface area contributed by atoms with Gasteiger partial charge in [-0.15, -0.1) is 0 Å². The molecule has 1 atom stereocenters. The van der Waals surface area contributed by atoms with Crippen molar-refractivity contribution < 1.29 is 9.13 Å². The Morgan fingerprint density at radius 2 is 2.20 bits per heavy atom. The number of anilines is 1. The number of hydrogen-bond donors (Lipinski definition) is 1. The highest BCUT2D eigenvalue weighted by Crippen LogP contribution is 2.34. The van der Waals surface area contributed by atoms with Gasteiger partial charge in [0.05, 0.1) is 18.8 Å². The summed E-state index contributed by atoms with van der Waals surface area (Å²) in [7, 11) is 0. The van der Waals surface area contributed by atoms with Crippen LogP contribution in [-0.4, -0.2) is 31.8 Å². The number of ether oxygens (including phenoxy) is 1. The van der Waals surface area contributed by atoms with E-state index in [2.05, 4.69) is 24.1 Å². The smallest absolute Gasteiger partial charge is 0.130 e. The molecule has 1 unspecified atom stereocenters. The first kappa shape index (κ1) is 15.3. The van der Waals surface area contributed by atoms with Crippen LogP contribution in [0.3, 0.4) is 0 Å². The number of morpholine rings is 1. The lowest BCUT2D eigenvalue weighted by Gasteiger charge is -2.45. The summed E-state index contributed by atoms with van der Waals surface area (Å²) in [5, 5.41) is 3.31. The van der Waals surface area contributed by atoms with Crippen molar-refractivity contribution in [2.24, 2.45) is 0 Å². The Labute approximate surface area is 121 Å². The molecule has 1 heterocycles. The monoisotopic (exact) mass is 280 g/mol. The molecule has 0 aromatic heterocycles. The summed E-state index contributed by atoms with van der Waals surface area (Å²) in [4.78, 5) is 2.27. The van der Waals surface area contributed by atoms with Gasteiger partial charge in [0.25, 0.3) is 0 Å². The van der Waals surface area contributed by atoms with Crippen LogP contribution in [-0.2, 0) is 4.74 Å². The summed E-state index contributed by atoms with van der Waals surface area (Å²) in [6, 6.07) is 5.34. The highest BCUT2D eigenvalue weighted by Gasteiger charge is 2.33. The van der Waals surface area contributed by atoms with E-state index in [0.29, 0.717) is 13.2 Å². The molecule has 1 aromatic carbocycles. The molecule has 112 valence electrons. The maximum absolute atomic E-state index is 14.3. The Morgan fingerprint density at radius 3 is 2.85 bits per heavy atom. The Bertz CT molecular complexity index is 462. The molecule has 1 aliphatic rings. The molecule has 1 N–H and O–H groups in total. The maximum Gasteiger partial charge on any atom is 0.130 e. The van der Waals surface area contributed by atoms with Gasteiger partial charge in [0.2, 0.25) is 0 Å². The van der Waals surface area contributed by atoms with Crippen LogP contribution in [0.25, 0.3) is 0 Å². The lowest BCUT2D eigenvalue weighted by Crippen LogP contribution is -2.53. The molecule has 0 amide bonds. The summed E-state index contributed by atoms with van der Waals surface area (Å²) >= 11 is 0. The Morgan fingerprint density at radius 1 is 1.45 bits per heavy atom. The fourth-order valence-corrected chi connectivity index (χ4v) is 2.90. The van der Waals surface area contributed by atoms with E-state index in [1.165, 1.54) is 0 Å². The molecule has 1 aliphatic heterocycles. The van der Waals surface area contributed by atoms with Crippen LogP contribution < -0.4 is 10.2 Å². The molecule has 3 nitrogen and oxygen atoms in total. The molecule has 4 heteroatoms. The van der Waals surface area contributed by atoms with Gasteiger partial charge in [-0.3, -0.25) is 0 Å². The zero-order valence-corrected chi connectivity index (χ0v) is 12.9. The van der Waals surface area contributed by atoms with E-state index in [0.717, 1.165) is 24.3 Å². The van der Waals surface area contributed by atoms with E-state index >= 15 is 0 Å². The standard InChI is InChI=1S/C16H25FN2O/c1-5-18-12(2)15-13(17)7-6-8-14(15)19-9-10-20-11-16(19,3)4/h6-8,12,18H,5,9-11H2,1-4H3.